The van der Waals surface area contributed by atoms with Gasteiger partial charge >= 0.3 is 0 Å². The average Bonchev–Trinajstić information content (AvgIpc) is 3.06. The largest absolute Gasteiger partial charge is 0.342 e. The summed E-state index contributed by atoms with van der Waals surface area (Å²) in [5.41, 5.74) is 6.98. The first-order chi connectivity index (χ1) is 10.6. The van der Waals surface area contributed by atoms with Gasteiger partial charge < -0.3 is 10.6 Å². The van der Waals surface area contributed by atoms with Crippen LogP contribution < -0.4 is 5.73 Å². The Balaban J connectivity index is 1.77. The Morgan fingerprint density at radius 3 is 2.32 bits per heavy atom. The van der Waals surface area contributed by atoms with E-state index in [4.69, 9.17) is 5.73 Å². The number of amides is 1. The summed E-state index contributed by atoms with van der Waals surface area (Å²) in [6.07, 6.45) is 6.43. The molecule has 2 fully saturated rings. The van der Waals surface area contributed by atoms with Crippen molar-refractivity contribution in [3.63, 3.8) is 0 Å². The van der Waals surface area contributed by atoms with Crippen molar-refractivity contribution in [3.05, 3.63) is 35.9 Å². The molecule has 0 bridgehead atoms. The highest BCUT2D eigenvalue weighted by Gasteiger charge is 2.45. The molecule has 1 saturated heterocycles. The van der Waals surface area contributed by atoms with E-state index in [0.717, 1.165) is 51.6 Å². The third-order valence-electron chi connectivity index (χ3n) is 5.76. The average molecular weight is 300 g/mol. The summed E-state index contributed by atoms with van der Waals surface area (Å²) in [4.78, 5) is 15.4. The Morgan fingerprint density at radius 2 is 1.77 bits per heavy atom. The van der Waals surface area contributed by atoms with Crippen LogP contribution in [0.15, 0.2) is 30.3 Å². The van der Waals surface area contributed by atoms with Gasteiger partial charge in [0.25, 0.3) is 0 Å². The zero-order valence-electron chi connectivity index (χ0n) is 13.6. The van der Waals surface area contributed by atoms with E-state index in [2.05, 4.69) is 36.1 Å². The van der Waals surface area contributed by atoms with Crippen LogP contribution in [0.5, 0.6) is 0 Å². The van der Waals surface area contributed by atoms with Gasteiger partial charge in [0.1, 0.15) is 0 Å². The fourth-order valence-electron chi connectivity index (χ4n) is 4.29. The predicted molar refractivity (Wildman–Crippen MR) is 89.5 cm³/mol. The second-order valence-corrected chi connectivity index (χ2v) is 7.14. The van der Waals surface area contributed by atoms with Crippen molar-refractivity contribution in [3.8, 4) is 0 Å². The number of hydrogen-bond donors (Lipinski definition) is 1. The molecule has 1 aliphatic heterocycles. The van der Waals surface area contributed by atoms with Gasteiger partial charge in [0.2, 0.25) is 5.91 Å². The van der Waals surface area contributed by atoms with Gasteiger partial charge in [-0.3, -0.25) is 4.79 Å². The lowest BCUT2D eigenvalue weighted by molar-refractivity contribution is -0.138. The molecule has 3 heteroatoms. The highest BCUT2D eigenvalue weighted by Crippen LogP contribution is 2.43. The maximum atomic E-state index is 13.3. The number of nitrogens with zero attached hydrogens (tertiary/aromatic N) is 1. The number of benzene rings is 1. The molecule has 1 aromatic rings. The van der Waals surface area contributed by atoms with Crippen LogP contribution in [0.4, 0.5) is 0 Å². The van der Waals surface area contributed by atoms with Crippen LogP contribution in [0, 0.1) is 5.92 Å². The van der Waals surface area contributed by atoms with E-state index in [0.29, 0.717) is 11.8 Å². The van der Waals surface area contributed by atoms with Crippen LogP contribution in [0.25, 0.3) is 0 Å². The summed E-state index contributed by atoms with van der Waals surface area (Å²) in [5.74, 6) is 0.930. The first kappa shape index (κ1) is 15.5. The van der Waals surface area contributed by atoms with E-state index in [1.54, 1.807) is 0 Å². The number of nitrogens with two attached hydrogens (primary N) is 1. The lowest BCUT2D eigenvalue weighted by Crippen LogP contribution is -2.50. The van der Waals surface area contributed by atoms with Gasteiger partial charge in [-0.05, 0) is 44.1 Å². The molecule has 2 N–H and O–H groups in total. The van der Waals surface area contributed by atoms with Gasteiger partial charge in [0.05, 0.1) is 5.41 Å². The molecule has 3 rings (SSSR count). The van der Waals surface area contributed by atoms with E-state index in [-0.39, 0.29) is 11.5 Å². The van der Waals surface area contributed by atoms with Crippen molar-refractivity contribution in [1.29, 1.82) is 0 Å². The molecule has 1 saturated carbocycles. The molecule has 1 atom stereocenters. The quantitative estimate of drug-likeness (QED) is 0.932. The predicted octanol–water partition coefficient (Wildman–Crippen LogP) is 3.08. The summed E-state index contributed by atoms with van der Waals surface area (Å²) in [7, 11) is 0. The van der Waals surface area contributed by atoms with E-state index in [1.165, 1.54) is 5.56 Å². The van der Waals surface area contributed by atoms with Gasteiger partial charge in [0.15, 0.2) is 0 Å². The highest BCUT2D eigenvalue weighted by molar-refractivity contribution is 5.88. The number of rotatable bonds is 3. The van der Waals surface area contributed by atoms with Crippen LogP contribution in [0.3, 0.4) is 0 Å². The Hall–Kier alpha value is -1.35. The van der Waals surface area contributed by atoms with Crippen molar-refractivity contribution >= 4 is 5.91 Å². The fraction of sp³-hybridized carbons (Fsp3) is 0.632. The lowest BCUT2D eigenvalue weighted by atomic mass is 9.77. The summed E-state index contributed by atoms with van der Waals surface area (Å²) in [6.45, 7) is 3.84. The second-order valence-electron chi connectivity index (χ2n) is 7.14. The maximum absolute atomic E-state index is 13.3. The molecule has 1 heterocycles. The molecule has 120 valence electrons. The number of piperidine rings is 1. The number of carbonyl (C=O) groups is 1. The van der Waals surface area contributed by atoms with Crippen LogP contribution in [0.2, 0.25) is 0 Å². The molecule has 0 spiro atoms. The smallest absolute Gasteiger partial charge is 0.233 e. The van der Waals surface area contributed by atoms with Crippen molar-refractivity contribution in [1.82, 2.24) is 4.90 Å². The Morgan fingerprint density at radius 1 is 1.18 bits per heavy atom. The van der Waals surface area contributed by atoms with Crippen molar-refractivity contribution in [2.24, 2.45) is 11.7 Å². The van der Waals surface area contributed by atoms with Crippen molar-refractivity contribution in [2.45, 2.75) is 56.9 Å². The maximum Gasteiger partial charge on any atom is 0.233 e. The van der Waals surface area contributed by atoms with E-state index < -0.39 is 0 Å². The van der Waals surface area contributed by atoms with Gasteiger partial charge in [-0.2, -0.15) is 0 Å². The summed E-state index contributed by atoms with van der Waals surface area (Å²) >= 11 is 0. The molecule has 0 aromatic heterocycles. The summed E-state index contributed by atoms with van der Waals surface area (Å²) < 4.78 is 0. The molecule has 1 aromatic carbocycles. The minimum atomic E-state index is -0.261. The first-order valence-corrected chi connectivity index (χ1v) is 8.74. The third-order valence-corrected chi connectivity index (χ3v) is 5.76. The molecule has 1 amide bonds. The zero-order valence-corrected chi connectivity index (χ0v) is 13.6. The Labute approximate surface area is 133 Å². The normalized spacial score (nSPS) is 23.5. The van der Waals surface area contributed by atoms with Gasteiger partial charge in [-0.15, -0.1) is 0 Å². The van der Waals surface area contributed by atoms with Gasteiger partial charge in [-0.1, -0.05) is 43.2 Å². The standard InChI is InChI=1S/C19H28N2O/c1-15(20)16-9-13-21(14-10-16)18(22)19(11-5-6-12-19)17-7-3-2-4-8-17/h2-4,7-8,15-16H,5-6,9-14,20H2,1H3. The van der Waals surface area contributed by atoms with Crippen LogP contribution >= 0.6 is 0 Å². The van der Waals surface area contributed by atoms with Crippen molar-refractivity contribution < 1.29 is 4.79 Å². The molecular formula is C19H28N2O. The van der Waals surface area contributed by atoms with E-state index in [1.807, 2.05) is 6.07 Å². The Bertz CT molecular complexity index is 497. The topological polar surface area (TPSA) is 46.3 Å². The lowest BCUT2D eigenvalue weighted by Gasteiger charge is -2.39. The van der Waals surface area contributed by atoms with Crippen LogP contribution in [0.1, 0.15) is 51.0 Å². The number of hydrogen-bond acceptors (Lipinski definition) is 2. The molecule has 0 radical (unpaired) electrons. The van der Waals surface area contributed by atoms with Crippen molar-refractivity contribution in [2.75, 3.05) is 13.1 Å². The SMILES string of the molecule is CC(N)C1CCN(C(=O)C2(c3ccccc3)CCCC2)CC1. The second kappa shape index (κ2) is 6.41. The van der Waals surface area contributed by atoms with Gasteiger partial charge in [-0.25, -0.2) is 0 Å². The minimum absolute atomic E-state index is 0.242. The van der Waals surface area contributed by atoms with E-state index >= 15 is 0 Å². The summed E-state index contributed by atoms with van der Waals surface area (Å²) in [6, 6.07) is 10.7. The molecule has 2 aliphatic rings. The zero-order chi connectivity index (χ0) is 15.6. The minimum Gasteiger partial charge on any atom is -0.342 e. The monoisotopic (exact) mass is 300 g/mol. The molecule has 1 unspecified atom stereocenters. The molecule has 22 heavy (non-hydrogen) atoms. The van der Waals surface area contributed by atoms with Crippen LogP contribution in [-0.2, 0) is 10.2 Å². The third kappa shape index (κ3) is 2.79. The Kier molecular flexibility index (Phi) is 4.53. The fourth-order valence-corrected chi connectivity index (χ4v) is 4.29. The van der Waals surface area contributed by atoms with Gasteiger partial charge in [0, 0.05) is 19.1 Å². The molecule has 1 aliphatic carbocycles. The van der Waals surface area contributed by atoms with E-state index in [9.17, 15) is 4.79 Å². The first-order valence-electron chi connectivity index (χ1n) is 8.74. The van der Waals surface area contributed by atoms with Crippen LogP contribution in [-0.4, -0.2) is 29.9 Å². The number of likely N-dealkylation sites (tertiary alicyclic amines) is 1. The summed E-state index contributed by atoms with van der Waals surface area (Å²) in [5, 5.41) is 0. The molecular weight excluding hydrogens is 272 g/mol. The number of carbonyl (C=O) groups excluding carboxylic acids is 1. The highest BCUT2D eigenvalue weighted by atomic mass is 16.2. The molecule has 3 nitrogen and oxygen atoms in total.